The highest BCUT2D eigenvalue weighted by Crippen LogP contribution is 2.51. The summed E-state index contributed by atoms with van der Waals surface area (Å²) >= 11 is 1.77. The van der Waals surface area contributed by atoms with Crippen molar-refractivity contribution in [1.82, 2.24) is 14.5 Å². The van der Waals surface area contributed by atoms with Gasteiger partial charge in [-0.05, 0) is 30.4 Å². The van der Waals surface area contributed by atoms with E-state index in [1.807, 2.05) is 24.9 Å². The Balaban J connectivity index is 1.63. The lowest BCUT2D eigenvalue weighted by Gasteiger charge is -2.17. The Morgan fingerprint density at radius 2 is 2.40 bits per heavy atom. The lowest BCUT2D eigenvalue weighted by atomic mass is 10.2. The Morgan fingerprint density at radius 3 is 3.00 bits per heavy atom. The van der Waals surface area contributed by atoms with Crippen molar-refractivity contribution in [2.75, 3.05) is 7.05 Å². The number of hydrogen-bond donors (Lipinski definition) is 0. The van der Waals surface area contributed by atoms with Gasteiger partial charge in [-0.25, -0.2) is 4.98 Å². The van der Waals surface area contributed by atoms with Crippen molar-refractivity contribution >= 4 is 17.2 Å². The summed E-state index contributed by atoms with van der Waals surface area (Å²) in [5.74, 6) is 1.76. The standard InChI is InChI=1S/C15H19N3OS/c1-10-4-7-20-14(10)11-8-12(11)15(19)18(3)9-13-16-5-6-17(13)2/h4-7,11-12H,8-9H2,1-3H3/t11-,12-/m0/s1. The molecule has 0 aromatic carbocycles. The van der Waals surface area contributed by atoms with Gasteiger partial charge in [0.15, 0.2) is 0 Å². The molecule has 2 aromatic heterocycles. The van der Waals surface area contributed by atoms with Gasteiger partial charge in [-0.3, -0.25) is 4.79 Å². The van der Waals surface area contributed by atoms with Crippen molar-refractivity contribution < 1.29 is 4.79 Å². The van der Waals surface area contributed by atoms with E-state index < -0.39 is 0 Å². The maximum atomic E-state index is 12.5. The van der Waals surface area contributed by atoms with Gasteiger partial charge in [-0.15, -0.1) is 11.3 Å². The largest absolute Gasteiger partial charge is 0.338 e. The maximum Gasteiger partial charge on any atom is 0.226 e. The van der Waals surface area contributed by atoms with Crippen LogP contribution < -0.4 is 0 Å². The van der Waals surface area contributed by atoms with Gasteiger partial charge >= 0.3 is 0 Å². The predicted octanol–water partition coefficient (Wildman–Crippen LogP) is 2.55. The fourth-order valence-corrected chi connectivity index (χ4v) is 3.75. The van der Waals surface area contributed by atoms with Gasteiger partial charge in [0.2, 0.25) is 5.91 Å². The highest BCUT2D eigenvalue weighted by molar-refractivity contribution is 7.10. The Morgan fingerprint density at radius 1 is 1.60 bits per heavy atom. The average Bonchev–Trinajstić information content (AvgIpc) is 2.94. The SMILES string of the molecule is Cc1ccsc1[C@H]1C[C@@H]1C(=O)N(C)Cc1nccn1C. The second-order valence-electron chi connectivity index (χ2n) is 5.57. The van der Waals surface area contributed by atoms with Crippen LogP contribution in [0.1, 0.15) is 28.6 Å². The van der Waals surface area contributed by atoms with Gasteiger partial charge in [0.05, 0.1) is 6.54 Å². The van der Waals surface area contributed by atoms with Crippen molar-refractivity contribution in [1.29, 1.82) is 0 Å². The molecule has 0 N–H and O–H groups in total. The molecule has 1 aliphatic rings. The number of nitrogens with zero attached hydrogens (tertiary/aromatic N) is 3. The Hall–Kier alpha value is -1.62. The van der Waals surface area contributed by atoms with Crippen LogP contribution in [0, 0.1) is 12.8 Å². The van der Waals surface area contributed by atoms with Crippen LogP contribution in [0.4, 0.5) is 0 Å². The molecule has 0 spiro atoms. The third kappa shape index (κ3) is 2.38. The molecule has 1 saturated carbocycles. The number of rotatable bonds is 4. The summed E-state index contributed by atoms with van der Waals surface area (Å²) in [6.45, 7) is 2.71. The summed E-state index contributed by atoms with van der Waals surface area (Å²) in [5.41, 5.74) is 1.32. The second-order valence-corrected chi connectivity index (χ2v) is 6.51. The van der Waals surface area contributed by atoms with Crippen molar-refractivity contribution in [3.63, 3.8) is 0 Å². The van der Waals surface area contributed by atoms with Gasteiger partial charge < -0.3 is 9.47 Å². The topological polar surface area (TPSA) is 38.1 Å². The summed E-state index contributed by atoms with van der Waals surface area (Å²) in [7, 11) is 3.82. The molecule has 2 atom stereocenters. The maximum absolute atomic E-state index is 12.5. The van der Waals surface area contributed by atoms with E-state index in [4.69, 9.17) is 0 Å². The predicted molar refractivity (Wildman–Crippen MR) is 79.6 cm³/mol. The van der Waals surface area contributed by atoms with E-state index in [2.05, 4.69) is 23.4 Å². The number of carbonyl (C=O) groups is 1. The minimum absolute atomic E-state index is 0.164. The first kappa shape index (κ1) is 13.4. The van der Waals surface area contributed by atoms with Crippen LogP contribution in [0.15, 0.2) is 23.8 Å². The highest BCUT2D eigenvalue weighted by atomic mass is 32.1. The third-order valence-electron chi connectivity index (χ3n) is 4.02. The summed E-state index contributed by atoms with van der Waals surface area (Å²) in [6, 6.07) is 2.14. The van der Waals surface area contributed by atoms with E-state index in [0.717, 1.165) is 12.2 Å². The van der Waals surface area contributed by atoms with Crippen molar-refractivity contribution in [2.45, 2.75) is 25.8 Å². The number of aromatic nitrogens is 2. The highest BCUT2D eigenvalue weighted by Gasteiger charge is 2.46. The van der Waals surface area contributed by atoms with Gasteiger partial charge in [0.25, 0.3) is 0 Å². The first-order valence-corrected chi connectivity index (χ1v) is 7.71. The fraction of sp³-hybridized carbons (Fsp3) is 0.467. The molecule has 0 aliphatic heterocycles. The molecule has 0 unspecified atom stereocenters. The first-order valence-electron chi connectivity index (χ1n) is 6.83. The van der Waals surface area contributed by atoms with Crippen LogP contribution >= 0.6 is 11.3 Å². The van der Waals surface area contributed by atoms with Crippen LogP contribution in [-0.2, 0) is 18.4 Å². The zero-order valence-electron chi connectivity index (χ0n) is 12.0. The summed E-state index contributed by atoms with van der Waals surface area (Å²) in [6.07, 6.45) is 4.66. The number of amides is 1. The van der Waals surface area contributed by atoms with E-state index in [-0.39, 0.29) is 11.8 Å². The number of thiophene rings is 1. The molecule has 1 fully saturated rings. The Bertz CT molecular complexity index is 627. The third-order valence-corrected chi connectivity index (χ3v) is 5.17. The zero-order chi connectivity index (χ0) is 14.3. The molecule has 3 rings (SSSR count). The normalized spacial score (nSPS) is 20.9. The second kappa shape index (κ2) is 5.05. The number of aryl methyl sites for hydroxylation is 2. The first-order chi connectivity index (χ1) is 9.58. The van der Waals surface area contributed by atoms with Crippen LogP contribution in [-0.4, -0.2) is 27.4 Å². The monoisotopic (exact) mass is 289 g/mol. The molecule has 0 radical (unpaired) electrons. The van der Waals surface area contributed by atoms with E-state index in [1.165, 1.54) is 10.4 Å². The molecule has 1 amide bonds. The molecular formula is C15H19N3OS. The molecule has 4 nitrogen and oxygen atoms in total. The van der Waals surface area contributed by atoms with Crippen LogP contribution in [0.3, 0.4) is 0 Å². The molecule has 5 heteroatoms. The molecule has 2 aromatic rings. The van der Waals surface area contributed by atoms with E-state index in [1.54, 1.807) is 22.4 Å². The molecule has 20 heavy (non-hydrogen) atoms. The number of imidazole rings is 1. The Labute approximate surface area is 123 Å². The van der Waals surface area contributed by atoms with Gasteiger partial charge in [-0.2, -0.15) is 0 Å². The van der Waals surface area contributed by atoms with Crippen LogP contribution in [0.5, 0.6) is 0 Å². The molecule has 106 valence electrons. The molecule has 2 heterocycles. The van der Waals surface area contributed by atoms with Crippen LogP contribution in [0.25, 0.3) is 0 Å². The average molecular weight is 289 g/mol. The van der Waals surface area contributed by atoms with Crippen molar-refractivity contribution in [2.24, 2.45) is 13.0 Å². The van der Waals surface area contributed by atoms with Crippen molar-refractivity contribution in [3.8, 4) is 0 Å². The minimum Gasteiger partial charge on any atom is -0.338 e. The lowest BCUT2D eigenvalue weighted by Crippen LogP contribution is -2.29. The Kier molecular flexibility index (Phi) is 3.38. The van der Waals surface area contributed by atoms with E-state index >= 15 is 0 Å². The van der Waals surface area contributed by atoms with Gasteiger partial charge in [-0.1, -0.05) is 0 Å². The fourth-order valence-electron chi connectivity index (χ4n) is 2.64. The van der Waals surface area contributed by atoms with Gasteiger partial charge in [0, 0.05) is 43.2 Å². The molecule has 0 bridgehead atoms. The minimum atomic E-state index is 0.164. The zero-order valence-corrected chi connectivity index (χ0v) is 12.9. The van der Waals surface area contributed by atoms with Crippen molar-refractivity contribution in [3.05, 3.63) is 40.1 Å². The smallest absolute Gasteiger partial charge is 0.226 e. The van der Waals surface area contributed by atoms with E-state index in [0.29, 0.717) is 12.5 Å². The van der Waals surface area contributed by atoms with E-state index in [9.17, 15) is 4.79 Å². The quantitative estimate of drug-likeness (QED) is 0.867. The summed E-state index contributed by atoms with van der Waals surface area (Å²) in [4.78, 5) is 19.9. The molecular weight excluding hydrogens is 270 g/mol. The summed E-state index contributed by atoms with van der Waals surface area (Å²) in [5, 5.41) is 2.11. The number of hydrogen-bond acceptors (Lipinski definition) is 3. The lowest BCUT2D eigenvalue weighted by molar-refractivity contribution is -0.132. The molecule has 1 aliphatic carbocycles. The number of carbonyl (C=O) groups excluding carboxylic acids is 1. The molecule has 0 saturated heterocycles. The summed E-state index contributed by atoms with van der Waals surface area (Å²) < 4.78 is 1.96. The van der Waals surface area contributed by atoms with Gasteiger partial charge in [0.1, 0.15) is 5.82 Å². The van der Waals surface area contributed by atoms with Crippen LogP contribution in [0.2, 0.25) is 0 Å².